The van der Waals surface area contributed by atoms with Crippen molar-refractivity contribution < 1.29 is 28.6 Å². The number of rotatable bonds is 2. The lowest BCUT2D eigenvalue weighted by Gasteiger charge is -2.28. The quantitative estimate of drug-likeness (QED) is 0.514. The van der Waals surface area contributed by atoms with E-state index in [1.54, 1.807) is 41.5 Å². The van der Waals surface area contributed by atoms with E-state index in [2.05, 4.69) is 14.7 Å². The molecule has 0 aliphatic heterocycles. The number of hydrogen-bond acceptors (Lipinski definition) is 8. The van der Waals surface area contributed by atoms with Gasteiger partial charge in [0, 0.05) is 0 Å². The molecule has 1 heterocycles. The van der Waals surface area contributed by atoms with Gasteiger partial charge in [-0.3, -0.25) is 0 Å². The Morgan fingerprint density at radius 2 is 1.26 bits per heavy atom. The van der Waals surface area contributed by atoms with E-state index in [9.17, 15) is 14.4 Å². The summed E-state index contributed by atoms with van der Waals surface area (Å²) in [5.74, 6) is -1.52. The van der Waals surface area contributed by atoms with Crippen molar-refractivity contribution in [3.8, 4) is 0 Å². The summed E-state index contributed by atoms with van der Waals surface area (Å²) >= 11 is 11.7. The third kappa shape index (κ3) is 6.51. The minimum absolute atomic E-state index is 0.311. The topological polar surface area (TPSA) is 108 Å². The average molecular weight is 422 g/mol. The molecule has 9 nitrogen and oxygen atoms in total. The molecule has 0 fully saturated rings. The van der Waals surface area contributed by atoms with Crippen molar-refractivity contribution in [3.63, 3.8) is 0 Å². The molecule has 11 heteroatoms. The van der Waals surface area contributed by atoms with E-state index < -0.39 is 40.9 Å². The molecular formula is C16H21Cl2N3O6. The zero-order valence-corrected chi connectivity index (χ0v) is 17.6. The number of nitrogens with zero attached hydrogens (tertiary/aromatic N) is 3. The molecule has 150 valence electrons. The Morgan fingerprint density at radius 1 is 0.852 bits per heavy atom. The maximum atomic E-state index is 12.7. The van der Waals surface area contributed by atoms with Crippen molar-refractivity contribution in [1.82, 2.24) is 9.97 Å². The molecule has 0 unspecified atom stereocenters. The number of esters is 1. The van der Waals surface area contributed by atoms with Crippen LogP contribution in [0.3, 0.4) is 0 Å². The zero-order chi connectivity index (χ0) is 21.2. The van der Waals surface area contributed by atoms with E-state index in [0.717, 1.165) is 7.11 Å². The Labute approximate surface area is 166 Å². The van der Waals surface area contributed by atoms with Crippen LogP contribution in [-0.4, -0.2) is 46.4 Å². The van der Waals surface area contributed by atoms with Gasteiger partial charge in [-0.2, -0.15) is 4.90 Å². The molecule has 0 N–H and O–H groups in total. The van der Waals surface area contributed by atoms with Gasteiger partial charge in [0.25, 0.3) is 0 Å². The number of carbonyl (C=O) groups is 3. The predicted molar refractivity (Wildman–Crippen MR) is 98.3 cm³/mol. The highest BCUT2D eigenvalue weighted by molar-refractivity contribution is 6.40. The maximum Gasteiger partial charge on any atom is 0.425 e. The van der Waals surface area contributed by atoms with Crippen LogP contribution in [0, 0.1) is 0 Å². The Hall–Kier alpha value is -2.13. The van der Waals surface area contributed by atoms with E-state index in [1.165, 1.54) is 0 Å². The van der Waals surface area contributed by atoms with E-state index in [1.807, 2.05) is 0 Å². The van der Waals surface area contributed by atoms with Gasteiger partial charge < -0.3 is 14.2 Å². The van der Waals surface area contributed by atoms with Crippen LogP contribution in [0.25, 0.3) is 0 Å². The minimum atomic E-state index is -1.14. The van der Waals surface area contributed by atoms with Crippen LogP contribution < -0.4 is 4.90 Å². The second-order valence-corrected chi connectivity index (χ2v) is 7.98. The first-order valence-corrected chi connectivity index (χ1v) is 8.49. The van der Waals surface area contributed by atoms with Crippen LogP contribution in [-0.2, 0) is 14.2 Å². The second kappa shape index (κ2) is 8.26. The Kier molecular flexibility index (Phi) is 7.01. The number of ether oxygens (including phenoxy) is 3. The fraction of sp³-hybridized carbons (Fsp3) is 0.562. The van der Waals surface area contributed by atoms with Crippen LogP contribution in [0.1, 0.15) is 52.0 Å². The fourth-order valence-corrected chi connectivity index (χ4v) is 1.89. The zero-order valence-electron chi connectivity index (χ0n) is 16.0. The van der Waals surface area contributed by atoms with Gasteiger partial charge in [0.15, 0.2) is 21.8 Å². The van der Waals surface area contributed by atoms with E-state index >= 15 is 0 Å². The predicted octanol–water partition coefficient (Wildman–Crippen LogP) is 4.25. The number of aromatic nitrogens is 2. The molecular weight excluding hydrogens is 401 g/mol. The van der Waals surface area contributed by atoms with Gasteiger partial charge in [0.1, 0.15) is 11.2 Å². The van der Waals surface area contributed by atoms with E-state index in [-0.39, 0.29) is 10.3 Å². The molecule has 27 heavy (non-hydrogen) atoms. The van der Waals surface area contributed by atoms with Gasteiger partial charge in [0.2, 0.25) is 0 Å². The average Bonchev–Trinajstić information content (AvgIpc) is 2.46. The van der Waals surface area contributed by atoms with Gasteiger partial charge in [-0.05, 0) is 41.5 Å². The van der Waals surface area contributed by atoms with Crippen LogP contribution in [0.4, 0.5) is 15.4 Å². The van der Waals surface area contributed by atoms with Crippen molar-refractivity contribution in [2.24, 2.45) is 0 Å². The monoisotopic (exact) mass is 421 g/mol. The molecule has 0 aliphatic rings. The van der Waals surface area contributed by atoms with E-state index in [0.29, 0.717) is 4.90 Å². The molecule has 0 saturated heterocycles. The summed E-state index contributed by atoms with van der Waals surface area (Å²) in [4.78, 5) is 45.4. The second-order valence-electron chi connectivity index (χ2n) is 7.27. The number of amides is 2. The number of halogens is 2. The van der Waals surface area contributed by atoms with Crippen molar-refractivity contribution in [2.45, 2.75) is 52.7 Å². The standard InChI is InChI=1S/C16H21Cl2N3O6/c1-15(2,3)26-13(23)21(14(24)27-16(4,5)6)11-8(12(22)25-7)19-9(17)10(18)20-11/h1-7H3. The smallest absolute Gasteiger partial charge is 0.425 e. The Balaban J connectivity index is 3.59. The molecule has 0 bridgehead atoms. The van der Waals surface area contributed by atoms with Gasteiger partial charge in [0.05, 0.1) is 7.11 Å². The number of hydrogen-bond donors (Lipinski definition) is 0. The summed E-state index contributed by atoms with van der Waals surface area (Å²) in [5, 5.41) is -0.648. The molecule has 0 saturated carbocycles. The summed E-state index contributed by atoms with van der Waals surface area (Å²) < 4.78 is 15.0. The van der Waals surface area contributed by atoms with Crippen molar-refractivity contribution in [2.75, 3.05) is 12.0 Å². The van der Waals surface area contributed by atoms with Crippen LogP contribution in [0.5, 0.6) is 0 Å². The molecule has 0 radical (unpaired) electrons. The lowest BCUT2D eigenvalue weighted by Crippen LogP contribution is -2.45. The molecule has 1 rings (SSSR count). The lowest BCUT2D eigenvalue weighted by atomic mass is 10.2. The van der Waals surface area contributed by atoms with Crippen LogP contribution in [0.2, 0.25) is 10.3 Å². The lowest BCUT2D eigenvalue weighted by molar-refractivity contribution is 0.0428. The van der Waals surface area contributed by atoms with E-state index in [4.69, 9.17) is 32.7 Å². The Morgan fingerprint density at radius 3 is 1.63 bits per heavy atom. The van der Waals surface area contributed by atoms with Crippen LogP contribution >= 0.6 is 23.2 Å². The summed E-state index contributed by atoms with van der Waals surface area (Å²) in [6.45, 7) is 9.58. The molecule has 0 atom stereocenters. The first kappa shape index (κ1) is 22.9. The summed E-state index contributed by atoms with van der Waals surface area (Å²) in [6, 6.07) is 0. The fourth-order valence-electron chi connectivity index (χ4n) is 1.64. The van der Waals surface area contributed by atoms with Gasteiger partial charge in [-0.25, -0.2) is 24.4 Å². The van der Waals surface area contributed by atoms with Gasteiger partial charge in [-0.1, -0.05) is 23.2 Å². The number of carbonyl (C=O) groups excluding carboxylic acids is 3. The molecule has 2 amide bonds. The van der Waals surface area contributed by atoms with Gasteiger partial charge in [-0.15, -0.1) is 0 Å². The largest absolute Gasteiger partial charge is 0.464 e. The third-order valence-corrected chi connectivity index (χ3v) is 3.16. The molecule has 1 aromatic rings. The minimum Gasteiger partial charge on any atom is -0.464 e. The van der Waals surface area contributed by atoms with Crippen molar-refractivity contribution in [1.29, 1.82) is 0 Å². The highest BCUT2D eigenvalue weighted by Gasteiger charge is 2.37. The third-order valence-electron chi connectivity index (χ3n) is 2.54. The van der Waals surface area contributed by atoms with Crippen LogP contribution in [0.15, 0.2) is 0 Å². The first-order valence-electron chi connectivity index (χ1n) is 7.73. The van der Waals surface area contributed by atoms with Crippen molar-refractivity contribution in [3.05, 3.63) is 16.0 Å². The molecule has 0 spiro atoms. The first-order chi connectivity index (χ1) is 12.2. The number of anilines is 1. The normalized spacial score (nSPS) is 11.6. The van der Waals surface area contributed by atoms with Gasteiger partial charge >= 0.3 is 18.2 Å². The Bertz CT molecular complexity index is 728. The molecule has 1 aromatic heterocycles. The SMILES string of the molecule is COC(=O)c1nc(Cl)c(Cl)nc1N(C(=O)OC(C)(C)C)C(=O)OC(C)(C)C. The summed E-state index contributed by atoms with van der Waals surface area (Å²) in [7, 11) is 1.08. The molecule has 0 aliphatic carbocycles. The number of imide groups is 1. The maximum absolute atomic E-state index is 12.7. The molecule has 0 aromatic carbocycles. The highest BCUT2D eigenvalue weighted by atomic mass is 35.5. The number of methoxy groups -OCH3 is 1. The summed E-state index contributed by atoms with van der Waals surface area (Å²) in [6.07, 6.45) is -2.29. The van der Waals surface area contributed by atoms with Crippen molar-refractivity contribution >= 4 is 47.2 Å². The highest BCUT2D eigenvalue weighted by Crippen LogP contribution is 2.28. The summed E-state index contributed by atoms with van der Waals surface area (Å²) in [5.41, 5.74) is -2.41.